The van der Waals surface area contributed by atoms with E-state index < -0.39 is 0 Å². The summed E-state index contributed by atoms with van der Waals surface area (Å²) in [5.74, 6) is 0.640. The number of amides is 2. The summed E-state index contributed by atoms with van der Waals surface area (Å²) < 4.78 is 5.44. The topological polar surface area (TPSA) is 61.9 Å². The van der Waals surface area contributed by atoms with Crippen molar-refractivity contribution < 1.29 is 14.3 Å². The minimum absolute atomic E-state index is 0.0438. The van der Waals surface area contributed by atoms with Gasteiger partial charge in [0.15, 0.2) is 0 Å². The van der Waals surface area contributed by atoms with Gasteiger partial charge in [0.2, 0.25) is 5.91 Å². The first-order chi connectivity index (χ1) is 13.0. The van der Waals surface area contributed by atoms with E-state index in [-0.39, 0.29) is 11.8 Å². The van der Waals surface area contributed by atoms with E-state index in [1.54, 1.807) is 0 Å². The van der Waals surface area contributed by atoms with Crippen LogP contribution >= 0.6 is 0 Å². The fourth-order valence-electron chi connectivity index (χ4n) is 3.85. The largest absolute Gasteiger partial charge is 0.379 e. The lowest BCUT2D eigenvalue weighted by Crippen LogP contribution is -2.51. The molecule has 27 heavy (non-hydrogen) atoms. The quantitative estimate of drug-likeness (QED) is 0.793. The predicted molar refractivity (Wildman–Crippen MR) is 104 cm³/mol. The van der Waals surface area contributed by atoms with Gasteiger partial charge in [-0.3, -0.25) is 14.5 Å². The molecule has 0 saturated carbocycles. The van der Waals surface area contributed by atoms with E-state index in [0.717, 1.165) is 44.8 Å². The van der Waals surface area contributed by atoms with Crippen LogP contribution in [0.4, 0.5) is 0 Å². The molecule has 2 heterocycles. The third-order valence-corrected chi connectivity index (χ3v) is 5.52. The first-order valence-electron chi connectivity index (χ1n) is 10.0. The second-order valence-electron chi connectivity index (χ2n) is 7.79. The zero-order valence-corrected chi connectivity index (χ0v) is 16.4. The smallest absolute Gasteiger partial charge is 0.251 e. The first kappa shape index (κ1) is 19.8. The van der Waals surface area contributed by atoms with E-state index >= 15 is 0 Å². The molecule has 2 aliphatic rings. The van der Waals surface area contributed by atoms with Crippen molar-refractivity contribution in [2.75, 3.05) is 39.4 Å². The molecular formula is C21H31N3O3. The minimum atomic E-state index is -0.0438. The molecule has 2 fully saturated rings. The molecule has 6 heteroatoms. The van der Waals surface area contributed by atoms with Crippen molar-refractivity contribution in [1.82, 2.24) is 15.1 Å². The molecule has 6 nitrogen and oxygen atoms in total. The molecule has 2 aliphatic heterocycles. The number of nitrogens with one attached hydrogen (secondary N) is 1. The van der Waals surface area contributed by atoms with E-state index in [1.165, 1.54) is 0 Å². The van der Waals surface area contributed by atoms with E-state index in [4.69, 9.17) is 4.74 Å². The average Bonchev–Trinajstić information content (AvgIpc) is 3.07. The zero-order chi connectivity index (χ0) is 19.2. The number of rotatable bonds is 7. The minimum Gasteiger partial charge on any atom is -0.379 e. The Morgan fingerprint density at radius 1 is 1.15 bits per heavy atom. The predicted octanol–water partition coefficient (Wildman–Crippen LogP) is 1.90. The highest BCUT2D eigenvalue weighted by Crippen LogP contribution is 2.15. The molecule has 1 unspecified atom stereocenters. The molecule has 1 N–H and O–H groups in total. The average molecular weight is 373 g/mol. The standard InChI is InChI=1S/C21H31N3O3/c1-16(2)19(23-10-12-27-13-11-23)14-22-21(26)18-7-5-17(6-8-18)15-24-9-3-4-20(24)25/h5-8,16,19H,3-4,9-15H2,1-2H3,(H,22,26). The molecule has 0 spiro atoms. The lowest BCUT2D eigenvalue weighted by molar-refractivity contribution is -0.128. The third-order valence-electron chi connectivity index (χ3n) is 5.52. The van der Waals surface area contributed by atoms with Crippen LogP contribution in [-0.4, -0.2) is 67.0 Å². The van der Waals surface area contributed by atoms with Gasteiger partial charge in [-0.2, -0.15) is 0 Å². The van der Waals surface area contributed by atoms with E-state index in [1.807, 2.05) is 29.2 Å². The highest BCUT2D eigenvalue weighted by molar-refractivity contribution is 5.94. The van der Waals surface area contributed by atoms with Gasteiger partial charge in [-0.25, -0.2) is 0 Å². The highest BCUT2D eigenvalue weighted by Gasteiger charge is 2.24. The SMILES string of the molecule is CC(C)C(CNC(=O)c1ccc(CN2CCCC2=O)cc1)N1CCOCC1. The zero-order valence-electron chi connectivity index (χ0n) is 16.4. The molecule has 148 valence electrons. The molecule has 0 aromatic heterocycles. The van der Waals surface area contributed by atoms with Crippen molar-refractivity contribution in [3.63, 3.8) is 0 Å². The normalized spacial score (nSPS) is 19.5. The summed E-state index contributed by atoms with van der Waals surface area (Å²) in [6.45, 7) is 9.86. The van der Waals surface area contributed by atoms with Gasteiger partial charge in [-0.15, -0.1) is 0 Å². The number of ether oxygens (including phenoxy) is 1. The number of morpholine rings is 1. The van der Waals surface area contributed by atoms with Gasteiger partial charge < -0.3 is 15.0 Å². The van der Waals surface area contributed by atoms with Gasteiger partial charge in [0.25, 0.3) is 5.91 Å². The molecule has 1 aromatic rings. The van der Waals surface area contributed by atoms with Crippen LogP contribution < -0.4 is 5.32 Å². The van der Waals surface area contributed by atoms with Crippen LogP contribution in [0.5, 0.6) is 0 Å². The fourth-order valence-corrected chi connectivity index (χ4v) is 3.85. The number of carbonyl (C=O) groups excluding carboxylic acids is 2. The Morgan fingerprint density at radius 3 is 2.44 bits per heavy atom. The maximum absolute atomic E-state index is 12.5. The molecule has 0 aliphatic carbocycles. The third kappa shape index (κ3) is 5.30. The van der Waals surface area contributed by atoms with Gasteiger partial charge in [0, 0.05) is 50.7 Å². The summed E-state index contributed by atoms with van der Waals surface area (Å²) in [6.07, 6.45) is 1.60. The summed E-state index contributed by atoms with van der Waals surface area (Å²) in [5.41, 5.74) is 1.73. The molecule has 0 bridgehead atoms. The maximum Gasteiger partial charge on any atom is 0.251 e. The molecule has 0 radical (unpaired) electrons. The van der Waals surface area contributed by atoms with E-state index in [2.05, 4.69) is 24.1 Å². The van der Waals surface area contributed by atoms with Gasteiger partial charge in [-0.05, 0) is 30.0 Å². The second kappa shape index (κ2) is 9.33. The van der Waals surface area contributed by atoms with Gasteiger partial charge in [0.05, 0.1) is 13.2 Å². The Balaban J connectivity index is 1.53. The summed E-state index contributed by atoms with van der Waals surface area (Å²) in [4.78, 5) is 28.6. The van der Waals surface area contributed by atoms with Crippen molar-refractivity contribution in [3.8, 4) is 0 Å². The Kier molecular flexibility index (Phi) is 6.85. The number of hydrogen-bond acceptors (Lipinski definition) is 4. The van der Waals surface area contributed by atoms with Crippen LogP contribution in [0.25, 0.3) is 0 Å². The van der Waals surface area contributed by atoms with Crippen molar-refractivity contribution in [2.24, 2.45) is 5.92 Å². The fraction of sp³-hybridized carbons (Fsp3) is 0.619. The highest BCUT2D eigenvalue weighted by atomic mass is 16.5. The number of hydrogen-bond donors (Lipinski definition) is 1. The van der Waals surface area contributed by atoms with Crippen LogP contribution in [-0.2, 0) is 16.1 Å². The summed E-state index contributed by atoms with van der Waals surface area (Å²) in [7, 11) is 0. The maximum atomic E-state index is 12.5. The van der Waals surface area contributed by atoms with Crippen molar-refractivity contribution in [3.05, 3.63) is 35.4 Å². The Bertz CT molecular complexity index is 639. The van der Waals surface area contributed by atoms with Crippen molar-refractivity contribution in [1.29, 1.82) is 0 Å². The molecule has 1 atom stereocenters. The lowest BCUT2D eigenvalue weighted by atomic mass is 10.0. The van der Waals surface area contributed by atoms with Crippen LogP contribution in [0, 0.1) is 5.92 Å². The Labute approximate surface area is 161 Å². The van der Waals surface area contributed by atoms with Crippen LogP contribution in [0.1, 0.15) is 42.6 Å². The van der Waals surface area contributed by atoms with Crippen LogP contribution in [0.2, 0.25) is 0 Å². The van der Waals surface area contributed by atoms with Gasteiger partial charge in [-0.1, -0.05) is 26.0 Å². The van der Waals surface area contributed by atoms with E-state index in [9.17, 15) is 9.59 Å². The summed E-state index contributed by atoms with van der Waals surface area (Å²) in [6, 6.07) is 7.91. The van der Waals surface area contributed by atoms with E-state index in [0.29, 0.717) is 37.0 Å². The summed E-state index contributed by atoms with van der Waals surface area (Å²) >= 11 is 0. The van der Waals surface area contributed by atoms with Crippen molar-refractivity contribution >= 4 is 11.8 Å². The molecule has 1 aromatic carbocycles. The molecule has 2 saturated heterocycles. The molecule has 2 amide bonds. The van der Waals surface area contributed by atoms with Crippen molar-refractivity contribution in [2.45, 2.75) is 39.3 Å². The first-order valence-corrected chi connectivity index (χ1v) is 10.0. The number of carbonyl (C=O) groups is 2. The molecule has 3 rings (SSSR count). The second-order valence-corrected chi connectivity index (χ2v) is 7.79. The van der Waals surface area contributed by atoms with Gasteiger partial charge in [0.1, 0.15) is 0 Å². The monoisotopic (exact) mass is 373 g/mol. The Hall–Kier alpha value is -1.92. The number of benzene rings is 1. The van der Waals surface area contributed by atoms with Crippen LogP contribution in [0.15, 0.2) is 24.3 Å². The van der Waals surface area contributed by atoms with Crippen LogP contribution in [0.3, 0.4) is 0 Å². The summed E-state index contributed by atoms with van der Waals surface area (Å²) in [5, 5.41) is 3.09. The van der Waals surface area contributed by atoms with Gasteiger partial charge >= 0.3 is 0 Å². The molecular weight excluding hydrogens is 342 g/mol. The Morgan fingerprint density at radius 2 is 1.85 bits per heavy atom. The number of nitrogens with zero attached hydrogens (tertiary/aromatic N) is 2. The lowest BCUT2D eigenvalue weighted by Gasteiger charge is -2.36. The number of likely N-dealkylation sites (tertiary alicyclic amines) is 1.